The molecule has 1 saturated heterocycles. The number of hydrogen-bond donors (Lipinski definition) is 2. The standard InChI is InChI=1S/C13H14N4O3/c1-13(2)11(19)15-9(18)6-17(13)12-16-10-7(14)4-3-5-8(10)20-12/h3-5H,6,14H2,1-2H3,(H,15,18,19). The summed E-state index contributed by atoms with van der Waals surface area (Å²) in [5.74, 6) is -0.770. The zero-order valence-electron chi connectivity index (χ0n) is 11.1. The molecule has 0 saturated carbocycles. The minimum absolute atomic E-state index is 0.00542. The Labute approximate surface area is 114 Å². The van der Waals surface area contributed by atoms with Gasteiger partial charge in [-0.05, 0) is 26.0 Å². The van der Waals surface area contributed by atoms with E-state index < -0.39 is 5.54 Å². The van der Waals surface area contributed by atoms with Crippen LogP contribution in [0.1, 0.15) is 13.8 Å². The molecule has 3 rings (SSSR count). The summed E-state index contributed by atoms with van der Waals surface area (Å²) < 4.78 is 5.62. The number of hydrogen-bond acceptors (Lipinski definition) is 6. The lowest BCUT2D eigenvalue weighted by Gasteiger charge is -2.38. The van der Waals surface area contributed by atoms with Gasteiger partial charge in [-0.1, -0.05) is 6.07 Å². The lowest BCUT2D eigenvalue weighted by molar-refractivity contribution is -0.135. The van der Waals surface area contributed by atoms with Crippen LogP contribution in [0.15, 0.2) is 22.6 Å². The Bertz CT molecular complexity index is 719. The van der Waals surface area contributed by atoms with E-state index in [0.29, 0.717) is 16.8 Å². The molecule has 0 bridgehead atoms. The number of nitrogens with two attached hydrogens (primary N) is 1. The van der Waals surface area contributed by atoms with Crippen molar-refractivity contribution in [3.8, 4) is 0 Å². The van der Waals surface area contributed by atoms with Gasteiger partial charge in [-0.2, -0.15) is 4.98 Å². The van der Waals surface area contributed by atoms with Gasteiger partial charge in [-0.25, -0.2) is 0 Å². The number of rotatable bonds is 1. The molecule has 104 valence electrons. The van der Waals surface area contributed by atoms with Gasteiger partial charge in [-0.3, -0.25) is 14.9 Å². The fourth-order valence-electron chi connectivity index (χ4n) is 2.16. The first-order chi connectivity index (χ1) is 9.39. The second-order valence-corrected chi connectivity index (χ2v) is 5.21. The quantitative estimate of drug-likeness (QED) is 0.585. The fourth-order valence-corrected chi connectivity index (χ4v) is 2.16. The molecule has 1 aliphatic rings. The lowest BCUT2D eigenvalue weighted by atomic mass is 9.99. The third-order valence-electron chi connectivity index (χ3n) is 3.45. The van der Waals surface area contributed by atoms with E-state index >= 15 is 0 Å². The summed E-state index contributed by atoms with van der Waals surface area (Å²) in [6.07, 6.45) is 0. The first kappa shape index (κ1) is 12.5. The monoisotopic (exact) mass is 274 g/mol. The van der Waals surface area contributed by atoms with Gasteiger partial charge in [0.05, 0.1) is 5.69 Å². The predicted octanol–water partition coefficient (Wildman–Crippen LogP) is 0.651. The molecule has 2 aromatic rings. The van der Waals surface area contributed by atoms with Crippen molar-refractivity contribution in [3.63, 3.8) is 0 Å². The molecule has 2 amide bonds. The third-order valence-corrected chi connectivity index (χ3v) is 3.45. The number of carbonyl (C=O) groups excluding carboxylic acids is 2. The molecule has 2 heterocycles. The number of fused-ring (bicyclic) bond motifs is 1. The minimum Gasteiger partial charge on any atom is -0.423 e. The second-order valence-electron chi connectivity index (χ2n) is 5.21. The van der Waals surface area contributed by atoms with E-state index in [1.54, 1.807) is 32.0 Å². The first-order valence-electron chi connectivity index (χ1n) is 6.16. The Hall–Kier alpha value is -2.57. The van der Waals surface area contributed by atoms with Gasteiger partial charge in [0.1, 0.15) is 17.6 Å². The van der Waals surface area contributed by atoms with Gasteiger partial charge < -0.3 is 15.1 Å². The average Bonchev–Trinajstić information content (AvgIpc) is 2.79. The zero-order chi connectivity index (χ0) is 14.5. The van der Waals surface area contributed by atoms with E-state index in [9.17, 15) is 9.59 Å². The SMILES string of the molecule is CC1(C)C(=O)NC(=O)CN1c1nc2c(N)cccc2o1. The molecule has 0 unspecified atom stereocenters. The van der Waals surface area contributed by atoms with Crippen molar-refractivity contribution >= 4 is 34.6 Å². The van der Waals surface area contributed by atoms with E-state index in [4.69, 9.17) is 10.2 Å². The number of aromatic nitrogens is 1. The number of anilines is 2. The molecule has 0 radical (unpaired) electrons. The highest BCUT2D eigenvalue weighted by molar-refractivity contribution is 6.06. The Balaban J connectivity index is 2.11. The van der Waals surface area contributed by atoms with E-state index in [2.05, 4.69) is 10.3 Å². The molecular weight excluding hydrogens is 260 g/mol. The van der Waals surface area contributed by atoms with Crippen molar-refractivity contribution < 1.29 is 14.0 Å². The summed E-state index contributed by atoms with van der Waals surface area (Å²) in [6.45, 7) is 3.41. The summed E-state index contributed by atoms with van der Waals surface area (Å²) in [5.41, 5.74) is 6.44. The smallest absolute Gasteiger partial charge is 0.299 e. The Kier molecular flexibility index (Phi) is 2.47. The second kappa shape index (κ2) is 3.96. The van der Waals surface area contributed by atoms with Crippen LogP contribution in [-0.4, -0.2) is 28.9 Å². The molecule has 1 aliphatic heterocycles. The number of benzene rings is 1. The maximum atomic E-state index is 11.9. The number of para-hydroxylation sites is 1. The van der Waals surface area contributed by atoms with Crippen LogP contribution in [-0.2, 0) is 9.59 Å². The van der Waals surface area contributed by atoms with Gasteiger partial charge in [0.2, 0.25) is 5.91 Å². The number of imide groups is 1. The normalized spacial score (nSPS) is 18.4. The van der Waals surface area contributed by atoms with E-state index in [0.717, 1.165) is 0 Å². The van der Waals surface area contributed by atoms with Crippen LogP contribution in [0.2, 0.25) is 0 Å². The van der Waals surface area contributed by atoms with Crippen LogP contribution in [0.5, 0.6) is 0 Å². The first-order valence-corrected chi connectivity index (χ1v) is 6.16. The molecule has 7 nitrogen and oxygen atoms in total. The molecule has 0 atom stereocenters. The van der Waals surface area contributed by atoms with Crippen LogP contribution < -0.4 is 16.0 Å². The summed E-state index contributed by atoms with van der Waals surface area (Å²) in [6, 6.07) is 5.42. The minimum atomic E-state index is -0.927. The Morgan fingerprint density at radius 1 is 1.40 bits per heavy atom. The highest BCUT2D eigenvalue weighted by Crippen LogP contribution is 2.30. The molecule has 1 aromatic heterocycles. The van der Waals surface area contributed by atoms with Crippen LogP contribution in [0.3, 0.4) is 0 Å². The highest BCUT2D eigenvalue weighted by Gasteiger charge is 2.43. The van der Waals surface area contributed by atoms with Gasteiger partial charge >= 0.3 is 0 Å². The Morgan fingerprint density at radius 3 is 2.85 bits per heavy atom. The largest absolute Gasteiger partial charge is 0.423 e. The number of piperazine rings is 1. The van der Waals surface area contributed by atoms with E-state index in [1.807, 2.05) is 0 Å². The molecule has 1 fully saturated rings. The maximum Gasteiger partial charge on any atom is 0.299 e. The van der Waals surface area contributed by atoms with Crippen molar-refractivity contribution in [2.24, 2.45) is 0 Å². The van der Waals surface area contributed by atoms with Crippen LogP contribution in [0, 0.1) is 0 Å². The van der Waals surface area contributed by atoms with E-state index in [1.165, 1.54) is 4.90 Å². The summed E-state index contributed by atoms with van der Waals surface area (Å²) in [7, 11) is 0. The van der Waals surface area contributed by atoms with Gasteiger partial charge in [0, 0.05) is 0 Å². The van der Waals surface area contributed by atoms with Crippen LogP contribution in [0.4, 0.5) is 11.7 Å². The van der Waals surface area contributed by atoms with Crippen molar-refractivity contribution in [2.75, 3.05) is 17.2 Å². The van der Waals surface area contributed by atoms with Crippen molar-refractivity contribution in [2.45, 2.75) is 19.4 Å². The van der Waals surface area contributed by atoms with Gasteiger partial charge in [0.25, 0.3) is 11.9 Å². The van der Waals surface area contributed by atoms with Crippen molar-refractivity contribution in [3.05, 3.63) is 18.2 Å². The Morgan fingerprint density at radius 2 is 2.15 bits per heavy atom. The van der Waals surface area contributed by atoms with Gasteiger partial charge in [-0.15, -0.1) is 0 Å². The third kappa shape index (κ3) is 1.70. The number of nitrogens with one attached hydrogen (secondary N) is 1. The number of nitrogen functional groups attached to an aromatic ring is 1. The number of amides is 2. The predicted molar refractivity (Wildman–Crippen MR) is 73.0 cm³/mol. The molecule has 7 heteroatoms. The molecule has 20 heavy (non-hydrogen) atoms. The lowest BCUT2D eigenvalue weighted by Crippen LogP contribution is -2.64. The molecule has 0 spiro atoms. The zero-order valence-corrected chi connectivity index (χ0v) is 11.1. The topological polar surface area (TPSA) is 101 Å². The number of oxazole rings is 1. The van der Waals surface area contributed by atoms with E-state index in [-0.39, 0.29) is 24.4 Å². The number of nitrogens with zero attached hydrogens (tertiary/aromatic N) is 2. The molecule has 1 aromatic carbocycles. The molecule has 3 N–H and O–H groups in total. The van der Waals surface area contributed by atoms with Crippen molar-refractivity contribution in [1.82, 2.24) is 10.3 Å². The fraction of sp³-hybridized carbons (Fsp3) is 0.308. The highest BCUT2D eigenvalue weighted by atomic mass is 16.4. The van der Waals surface area contributed by atoms with Crippen LogP contribution >= 0.6 is 0 Å². The van der Waals surface area contributed by atoms with Crippen LogP contribution in [0.25, 0.3) is 11.1 Å². The van der Waals surface area contributed by atoms with Crippen molar-refractivity contribution in [1.29, 1.82) is 0 Å². The summed E-state index contributed by atoms with van der Waals surface area (Å²) in [4.78, 5) is 29.3. The maximum absolute atomic E-state index is 11.9. The van der Waals surface area contributed by atoms with Gasteiger partial charge in [0.15, 0.2) is 5.58 Å². The molecule has 0 aliphatic carbocycles. The number of carbonyl (C=O) groups is 2. The summed E-state index contributed by atoms with van der Waals surface area (Å²) in [5, 5.41) is 2.30. The molecular formula is C13H14N4O3. The summed E-state index contributed by atoms with van der Waals surface area (Å²) >= 11 is 0. The average molecular weight is 274 g/mol.